The summed E-state index contributed by atoms with van der Waals surface area (Å²) in [6.07, 6.45) is 6.10. The largest absolute Gasteiger partial charge is 0.331 e. The highest BCUT2D eigenvalue weighted by Crippen LogP contribution is 2.51. The molecule has 0 spiro atoms. The fraction of sp³-hybridized carbons (Fsp3) is 0.0444. The van der Waals surface area contributed by atoms with Crippen molar-refractivity contribution in [3.05, 3.63) is 174 Å². The summed E-state index contributed by atoms with van der Waals surface area (Å²) >= 11 is 0. The number of hydrogen-bond acceptors (Lipinski definition) is 4. The summed E-state index contributed by atoms with van der Waals surface area (Å²) < 4.78 is 2.24. The minimum atomic E-state index is -0.158. The van der Waals surface area contributed by atoms with Crippen LogP contribution in [0.2, 0.25) is 0 Å². The van der Waals surface area contributed by atoms with Crippen molar-refractivity contribution >= 4 is 33.2 Å². The zero-order valence-corrected chi connectivity index (χ0v) is 26.8. The Labute approximate surface area is 289 Å². The van der Waals surface area contributed by atoms with Gasteiger partial charge >= 0.3 is 0 Å². The van der Waals surface area contributed by atoms with Crippen LogP contribution in [0, 0.1) is 34.0 Å². The van der Waals surface area contributed by atoms with Crippen LogP contribution in [-0.4, -0.2) is 10.6 Å². The summed E-state index contributed by atoms with van der Waals surface area (Å²) in [4.78, 5) is 2.30. The number of hydrogen-bond donors (Lipinski definition) is 0. The van der Waals surface area contributed by atoms with Crippen LogP contribution in [0.25, 0.3) is 49.7 Å². The Balaban J connectivity index is 1.20. The molecule has 5 nitrogen and oxygen atoms in total. The topological polar surface area (TPSA) is 79.5 Å². The minimum absolute atomic E-state index is 0.0648. The molecule has 50 heavy (non-hydrogen) atoms. The van der Waals surface area contributed by atoms with Crippen molar-refractivity contribution in [3.63, 3.8) is 0 Å². The van der Waals surface area contributed by atoms with Crippen molar-refractivity contribution in [1.82, 2.24) is 4.57 Å². The summed E-state index contributed by atoms with van der Waals surface area (Å²) in [5.74, 6) is 0.0648. The van der Waals surface area contributed by atoms with Crippen LogP contribution in [-0.2, 0) is 0 Å². The Hall–Kier alpha value is -7.13. The molecule has 1 aliphatic heterocycles. The SMILES string of the molecule is N#CC1=CC=CC2c3ccccc3N(c3ccccc3-c3cc(C#N)cc(-c4cccc(-n5c6ccccc6c6cc(C#N)ccc65)c4)c3)C12. The number of aromatic nitrogens is 1. The number of allylic oxidation sites excluding steroid dienone is 2. The molecule has 0 bridgehead atoms. The first-order valence-corrected chi connectivity index (χ1v) is 16.5. The molecule has 0 radical (unpaired) electrons. The fourth-order valence-electron chi connectivity index (χ4n) is 7.86. The minimum Gasteiger partial charge on any atom is -0.331 e. The quantitative estimate of drug-likeness (QED) is 0.192. The van der Waals surface area contributed by atoms with Crippen molar-refractivity contribution in [2.75, 3.05) is 4.90 Å². The second-order valence-corrected chi connectivity index (χ2v) is 12.7. The highest BCUT2D eigenvalue weighted by molar-refractivity contribution is 6.09. The van der Waals surface area contributed by atoms with Gasteiger partial charge in [0.1, 0.15) is 0 Å². The lowest BCUT2D eigenvalue weighted by atomic mass is 9.86. The van der Waals surface area contributed by atoms with E-state index in [1.807, 2.05) is 72.8 Å². The molecule has 2 heterocycles. The number of nitriles is 3. The van der Waals surface area contributed by atoms with Gasteiger partial charge in [-0.1, -0.05) is 78.9 Å². The summed E-state index contributed by atoms with van der Waals surface area (Å²) in [6.45, 7) is 0. The molecule has 0 saturated carbocycles. The summed E-state index contributed by atoms with van der Waals surface area (Å²) in [5, 5.41) is 32.2. The number of nitrogens with zero attached hydrogens (tertiary/aromatic N) is 5. The van der Waals surface area contributed by atoms with Gasteiger partial charge < -0.3 is 9.47 Å². The van der Waals surface area contributed by atoms with E-state index in [2.05, 4.69) is 107 Å². The lowest BCUT2D eigenvalue weighted by Crippen LogP contribution is -2.32. The van der Waals surface area contributed by atoms with Gasteiger partial charge in [-0.25, -0.2) is 0 Å². The number of benzene rings is 6. The molecule has 0 N–H and O–H groups in total. The van der Waals surface area contributed by atoms with Gasteiger partial charge in [0.25, 0.3) is 0 Å². The molecule has 1 aromatic heterocycles. The van der Waals surface area contributed by atoms with Crippen molar-refractivity contribution in [2.45, 2.75) is 12.0 Å². The molecular formula is C45H27N5. The standard InChI is InChI=1S/C45H27N5/c46-26-29-19-20-44-40(23-29)38-14-3-5-17-42(38)49(44)35-11-7-9-31(25-35)33-21-30(27-47)22-34(24-33)36-12-1-4-16-41(36)50-43-18-6-2-13-37(43)39-15-8-10-32(28-48)45(39)50/h1-25,39,45H. The maximum absolute atomic E-state index is 10.3. The maximum Gasteiger partial charge on any atom is 0.0992 e. The van der Waals surface area contributed by atoms with E-state index in [9.17, 15) is 15.8 Å². The normalized spacial score (nSPS) is 15.9. The van der Waals surface area contributed by atoms with Crippen LogP contribution in [0.15, 0.2) is 157 Å². The van der Waals surface area contributed by atoms with Crippen LogP contribution < -0.4 is 4.90 Å². The van der Waals surface area contributed by atoms with Crippen molar-refractivity contribution in [3.8, 4) is 46.1 Å². The van der Waals surface area contributed by atoms with E-state index in [0.717, 1.165) is 66.7 Å². The molecule has 232 valence electrons. The van der Waals surface area contributed by atoms with Crippen LogP contribution in [0.3, 0.4) is 0 Å². The molecule has 2 atom stereocenters. The molecule has 2 aliphatic rings. The summed E-state index contributed by atoms with van der Waals surface area (Å²) in [6, 6.07) is 52.2. The van der Waals surface area contributed by atoms with E-state index in [4.69, 9.17) is 0 Å². The highest BCUT2D eigenvalue weighted by Gasteiger charge is 2.41. The van der Waals surface area contributed by atoms with Crippen LogP contribution >= 0.6 is 0 Å². The lowest BCUT2D eigenvalue weighted by molar-refractivity contribution is 0.722. The molecule has 0 saturated heterocycles. The Morgan fingerprint density at radius 3 is 2.16 bits per heavy atom. The number of rotatable bonds is 4. The van der Waals surface area contributed by atoms with Crippen molar-refractivity contribution in [1.29, 1.82) is 15.8 Å². The average Bonchev–Trinajstić information content (AvgIpc) is 3.70. The molecule has 7 aromatic rings. The zero-order valence-electron chi connectivity index (χ0n) is 26.8. The van der Waals surface area contributed by atoms with E-state index in [1.165, 1.54) is 5.56 Å². The predicted molar refractivity (Wildman–Crippen MR) is 199 cm³/mol. The van der Waals surface area contributed by atoms with E-state index in [0.29, 0.717) is 11.1 Å². The van der Waals surface area contributed by atoms with Gasteiger partial charge in [0.2, 0.25) is 0 Å². The third-order valence-corrected chi connectivity index (χ3v) is 9.99. The first-order chi connectivity index (χ1) is 24.7. The molecule has 9 rings (SSSR count). The predicted octanol–water partition coefficient (Wildman–Crippen LogP) is 10.5. The van der Waals surface area contributed by atoms with Crippen molar-refractivity contribution in [2.24, 2.45) is 0 Å². The maximum atomic E-state index is 10.3. The molecule has 0 fully saturated rings. The summed E-state index contributed by atoms with van der Waals surface area (Å²) in [5.41, 5.74) is 12.1. The van der Waals surface area contributed by atoms with Gasteiger partial charge in [-0.2, -0.15) is 15.8 Å². The second kappa shape index (κ2) is 11.5. The van der Waals surface area contributed by atoms with E-state index in [-0.39, 0.29) is 12.0 Å². The Morgan fingerprint density at radius 2 is 1.30 bits per heavy atom. The lowest BCUT2D eigenvalue weighted by Gasteiger charge is -2.32. The van der Waals surface area contributed by atoms with Crippen LogP contribution in [0.1, 0.15) is 22.6 Å². The third kappa shape index (κ3) is 4.45. The van der Waals surface area contributed by atoms with E-state index >= 15 is 0 Å². The first kappa shape index (κ1) is 29.0. The summed E-state index contributed by atoms with van der Waals surface area (Å²) in [7, 11) is 0. The fourth-order valence-corrected chi connectivity index (χ4v) is 7.86. The first-order valence-electron chi connectivity index (χ1n) is 16.5. The Bertz CT molecular complexity index is 2720. The van der Waals surface area contributed by atoms with Gasteiger partial charge in [0.15, 0.2) is 0 Å². The molecule has 5 heteroatoms. The Morgan fingerprint density at radius 1 is 0.540 bits per heavy atom. The number of anilines is 2. The Kier molecular flexibility index (Phi) is 6.70. The molecule has 0 amide bonds. The molecule has 2 unspecified atom stereocenters. The van der Waals surface area contributed by atoms with E-state index in [1.54, 1.807) is 0 Å². The van der Waals surface area contributed by atoms with Gasteiger partial charge in [0.05, 0.1) is 52.0 Å². The molecule has 1 aliphatic carbocycles. The van der Waals surface area contributed by atoms with Gasteiger partial charge in [-0.05, 0) is 95.1 Å². The monoisotopic (exact) mass is 637 g/mol. The molecule has 6 aromatic carbocycles. The van der Waals surface area contributed by atoms with E-state index < -0.39 is 0 Å². The van der Waals surface area contributed by atoms with Crippen molar-refractivity contribution < 1.29 is 0 Å². The van der Waals surface area contributed by atoms with Crippen LogP contribution in [0.5, 0.6) is 0 Å². The van der Waals surface area contributed by atoms with Gasteiger partial charge in [-0.15, -0.1) is 0 Å². The van der Waals surface area contributed by atoms with Gasteiger partial charge in [-0.3, -0.25) is 0 Å². The average molecular weight is 638 g/mol. The third-order valence-electron chi connectivity index (χ3n) is 9.99. The zero-order chi connectivity index (χ0) is 33.8. The molecular weight excluding hydrogens is 611 g/mol. The van der Waals surface area contributed by atoms with Crippen LogP contribution in [0.4, 0.5) is 11.4 Å². The second-order valence-electron chi connectivity index (χ2n) is 12.7. The smallest absolute Gasteiger partial charge is 0.0992 e. The highest BCUT2D eigenvalue weighted by atomic mass is 15.2. The number of para-hydroxylation sites is 3. The van der Waals surface area contributed by atoms with Gasteiger partial charge in [0, 0.05) is 39.3 Å². The number of fused-ring (bicyclic) bond motifs is 6.